The summed E-state index contributed by atoms with van der Waals surface area (Å²) in [7, 11) is 1.55. The molecule has 5 nitrogen and oxygen atoms in total. The maximum atomic E-state index is 11.7. The molecule has 0 atom stereocenters. The van der Waals surface area contributed by atoms with Crippen molar-refractivity contribution in [3.63, 3.8) is 0 Å². The van der Waals surface area contributed by atoms with Crippen molar-refractivity contribution in [2.45, 2.75) is 84.5 Å². The topological polar surface area (TPSA) is 55.8 Å². The van der Waals surface area contributed by atoms with Crippen molar-refractivity contribution in [1.82, 2.24) is 4.90 Å². The average Bonchev–Trinajstić information content (AvgIpc) is 2.56. The predicted molar refractivity (Wildman–Crippen MR) is 97.1 cm³/mol. The van der Waals surface area contributed by atoms with Crippen LogP contribution in [0.15, 0.2) is 0 Å². The van der Waals surface area contributed by atoms with Gasteiger partial charge >= 0.3 is 12.1 Å². The standard InChI is InChI=1S/C19H37NO4/c1-4-6-8-9-10-11-12-13-14-16-23-18(21)17-20(3)19(22)24-15-7-5-2/h4-17H2,1-3H3. The molecular weight excluding hydrogens is 306 g/mol. The minimum absolute atomic E-state index is 0.0532. The van der Waals surface area contributed by atoms with Crippen molar-refractivity contribution in [1.29, 1.82) is 0 Å². The van der Waals surface area contributed by atoms with E-state index in [4.69, 9.17) is 9.47 Å². The number of carbonyl (C=O) groups is 2. The third-order valence-electron chi connectivity index (χ3n) is 3.91. The summed E-state index contributed by atoms with van der Waals surface area (Å²) >= 11 is 0. The Hall–Kier alpha value is -1.26. The molecule has 0 saturated carbocycles. The number of hydrogen-bond acceptors (Lipinski definition) is 4. The smallest absolute Gasteiger partial charge is 0.410 e. The third-order valence-corrected chi connectivity index (χ3v) is 3.91. The Labute approximate surface area is 148 Å². The highest BCUT2D eigenvalue weighted by Crippen LogP contribution is 2.09. The number of carbonyl (C=O) groups excluding carboxylic acids is 2. The molecule has 0 fully saturated rings. The Morgan fingerprint density at radius 1 is 0.708 bits per heavy atom. The van der Waals surface area contributed by atoms with E-state index in [0.717, 1.165) is 25.7 Å². The lowest BCUT2D eigenvalue weighted by atomic mass is 10.1. The number of ether oxygens (including phenoxy) is 2. The molecule has 5 heteroatoms. The normalized spacial score (nSPS) is 10.5. The molecule has 0 aromatic rings. The first kappa shape index (κ1) is 22.7. The molecule has 0 unspecified atom stereocenters. The Morgan fingerprint density at radius 3 is 1.79 bits per heavy atom. The zero-order valence-corrected chi connectivity index (χ0v) is 16.0. The third kappa shape index (κ3) is 14.3. The maximum Gasteiger partial charge on any atom is 0.410 e. The van der Waals surface area contributed by atoms with E-state index in [1.807, 2.05) is 6.92 Å². The number of unbranched alkanes of at least 4 members (excludes halogenated alkanes) is 9. The van der Waals surface area contributed by atoms with E-state index in [1.165, 1.54) is 49.8 Å². The molecule has 0 bridgehead atoms. The Morgan fingerprint density at radius 2 is 1.21 bits per heavy atom. The van der Waals surface area contributed by atoms with E-state index >= 15 is 0 Å². The Bertz CT molecular complexity index is 320. The zero-order chi connectivity index (χ0) is 18.0. The van der Waals surface area contributed by atoms with E-state index < -0.39 is 6.09 Å². The number of rotatable bonds is 15. The summed E-state index contributed by atoms with van der Waals surface area (Å²) in [5, 5.41) is 0. The highest BCUT2D eigenvalue weighted by atomic mass is 16.6. The maximum absolute atomic E-state index is 11.7. The lowest BCUT2D eigenvalue weighted by Crippen LogP contribution is -2.33. The molecule has 0 aromatic heterocycles. The Kier molecular flexibility index (Phi) is 15.7. The molecule has 0 aliphatic rings. The summed E-state index contributed by atoms with van der Waals surface area (Å²) in [6, 6.07) is 0. The van der Waals surface area contributed by atoms with Crippen LogP contribution in [0.5, 0.6) is 0 Å². The van der Waals surface area contributed by atoms with E-state index in [0.29, 0.717) is 13.2 Å². The van der Waals surface area contributed by atoms with Crippen LogP contribution in [-0.2, 0) is 14.3 Å². The van der Waals surface area contributed by atoms with Gasteiger partial charge in [-0.2, -0.15) is 0 Å². The van der Waals surface area contributed by atoms with Crippen LogP contribution in [0.3, 0.4) is 0 Å². The van der Waals surface area contributed by atoms with Gasteiger partial charge in [-0.3, -0.25) is 4.79 Å². The molecule has 0 radical (unpaired) electrons. The van der Waals surface area contributed by atoms with Gasteiger partial charge in [0, 0.05) is 7.05 Å². The van der Waals surface area contributed by atoms with Crippen molar-refractivity contribution in [3.8, 4) is 0 Å². The fraction of sp³-hybridized carbons (Fsp3) is 0.895. The van der Waals surface area contributed by atoms with Crippen LogP contribution in [0.2, 0.25) is 0 Å². The van der Waals surface area contributed by atoms with Gasteiger partial charge in [-0.15, -0.1) is 0 Å². The molecule has 0 aliphatic carbocycles. The highest BCUT2D eigenvalue weighted by molar-refractivity contribution is 5.77. The zero-order valence-electron chi connectivity index (χ0n) is 16.0. The largest absolute Gasteiger partial charge is 0.464 e. The van der Waals surface area contributed by atoms with Crippen LogP contribution in [0.1, 0.15) is 84.5 Å². The fourth-order valence-electron chi connectivity index (χ4n) is 2.32. The molecular formula is C19H37NO4. The van der Waals surface area contributed by atoms with E-state index in [1.54, 1.807) is 7.05 Å². The summed E-state index contributed by atoms with van der Waals surface area (Å²) < 4.78 is 10.2. The molecule has 0 spiro atoms. The van der Waals surface area contributed by atoms with Crippen molar-refractivity contribution in [2.75, 3.05) is 26.8 Å². The molecule has 0 rings (SSSR count). The van der Waals surface area contributed by atoms with E-state index in [-0.39, 0.29) is 12.5 Å². The molecule has 0 heterocycles. The second kappa shape index (κ2) is 16.6. The number of esters is 1. The van der Waals surface area contributed by atoms with Crippen LogP contribution in [-0.4, -0.2) is 43.8 Å². The van der Waals surface area contributed by atoms with Gasteiger partial charge in [-0.25, -0.2) is 4.79 Å². The van der Waals surface area contributed by atoms with Crippen LogP contribution in [0.25, 0.3) is 0 Å². The van der Waals surface area contributed by atoms with Crippen molar-refractivity contribution < 1.29 is 19.1 Å². The van der Waals surface area contributed by atoms with Crippen LogP contribution in [0, 0.1) is 0 Å². The molecule has 1 amide bonds. The van der Waals surface area contributed by atoms with Gasteiger partial charge in [-0.05, 0) is 12.8 Å². The summed E-state index contributed by atoms with van der Waals surface area (Å²) in [4.78, 5) is 24.5. The average molecular weight is 344 g/mol. The van der Waals surface area contributed by atoms with Gasteiger partial charge in [0.25, 0.3) is 0 Å². The summed E-state index contributed by atoms with van der Waals surface area (Å²) in [6.07, 6.45) is 12.4. The molecule has 0 N–H and O–H groups in total. The molecule has 0 saturated heterocycles. The van der Waals surface area contributed by atoms with Crippen LogP contribution < -0.4 is 0 Å². The van der Waals surface area contributed by atoms with Gasteiger partial charge < -0.3 is 14.4 Å². The minimum Gasteiger partial charge on any atom is -0.464 e. The fourth-order valence-corrected chi connectivity index (χ4v) is 2.32. The number of nitrogens with zero attached hydrogens (tertiary/aromatic N) is 1. The van der Waals surface area contributed by atoms with Crippen molar-refractivity contribution >= 4 is 12.1 Å². The van der Waals surface area contributed by atoms with Crippen LogP contribution >= 0.6 is 0 Å². The van der Waals surface area contributed by atoms with E-state index in [2.05, 4.69) is 6.92 Å². The van der Waals surface area contributed by atoms with Gasteiger partial charge in [-0.1, -0.05) is 71.6 Å². The quantitative estimate of drug-likeness (QED) is 0.312. The van der Waals surface area contributed by atoms with Gasteiger partial charge in [0.2, 0.25) is 0 Å². The SMILES string of the molecule is CCCCCCCCCCCOC(=O)CN(C)C(=O)OCCCC. The van der Waals surface area contributed by atoms with Crippen molar-refractivity contribution in [2.24, 2.45) is 0 Å². The summed E-state index contributed by atoms with van der Waals surface area (Å²) in [6.45, 7) is 5.04. The number of likely N-dealkylation sites (N-methyl/N-ethyl adjacent to an activating group) is 1. The Balaban J connectivity index is 3.47. The monoisotopic (exact) mass is 343 g/mol. The molecule has 142 valence electrons. The molecule has 0 aromatic carbocycles. The first-order valence-electron chi connectivity index (χ1n) is 9.65. The van der Waals surface area contributed by atoms with Gasteiger partial charge in [0.1, 0.15) is 6.54 Å². The summed E-state index contributed by atoms with van der Waals surface area (Å²) in [5.41, 5.74) is 0. The minimum atomic E-state index is -0.469. The lowest BCUT2D eigenvalue weighted by molar-refractivity contribution is -0.144. The van der Waals surface area contributed by atoms with Crippen LogP contribution in [0.4, 0.5) is 4.79 Å². The molecule has 24 heavy (non-hydrogen) atoms. The molecule has 0 aliphatic heterocycles. The second-order valence-electron chi connectivity index (χ2n) is 6.37. The number of amides is 1. The van der Waals surface area contributed by atoms with E-state index in [9.17, 15) is 9.59 Å². The second-order valence-corrected chi connectivity index (χ2v) is 6.37. The van der Waals surface area contributed by atoms with Gasteiger partial charge in [0.05, 0.1) is 13.2 Å². The summed E-state index contributed by atoms with van der Waals surface area (Å²) in [5.74, 6) is -0.371. The number of hydrogen-bond donors (Lipinski definition) is 0. The van der Waals surface area contributed by atoms with Crippen molar-refractivity contribution in [3.05, 3.63) is 0 Å². The van der Waals surface area contributed by atoms with Gasteiger partial charge in [0.15, 0.2) is 0 Å². The first-order valence-corrected chi connectivity index (χ1v) is 9.65. The lowest BCUT2D eigenvalue weighted by Gasteiger charge is -2.16. The highest BCUT2D eigenvalue weighted by Gasteiger charge is 2.14. The predicted octanol–water partition coefficient (Wildman–Crippen LogP) is 4.93. The first-order chi connectivity index (χ1) is 11.6.